The van der Waals surface area contributed by atoms with Gasteiger partial charge < -0.3 is 4.74 Å². The van der Waals surface area contributed by atoms with Gasteiger partial charge in [-0.25, -0.2) is 0 Å². The molecule has 1 nitrogen and oxygen atoms in total. The molecular formula is C4H7ClOS. The summed E-state index contributed by atoms with van der Waals surface area (Å²) in [4.78, 5) is 0. The van der Waals surface area contributed by atoms with Crippen molar-refractivity contribution in [3.8, 4) is 0 Å². The third-order valence-electron chi connectivity index (χ3n) is 0.801. The number of rotatable bonds is 0. The zero-order valence-electron chi connectivity index (χ0n) is 4.06. The molecule has 3 heteroatoms. The van der Waals surface area contributed by atoms with Crippen molar-refractivity contribution >= 4 is 23.4 Å². The first-order valence-corrected chi connectivity index (χ1v) is 3.68. The van der Waals surface area contributed by atoms with Crippen LogP contribution in [0, 0.1) is 0 Å². The largest absolute Gasteiger partial charge is 0.348 e. The van der Waals surface area contributed by atoms with Gasteiger partial charge in [0.05, 0.1) is 0 Å². The molecule has 1 rings (SSSR count). The Morgan fingerprint density at radius 3 is 2.71 bits per heavy atom. The van der Waals surface area contributed by atoms with Crippen LogP contribution in [0.4, 0.5) is 0 Å². The highest BCUT2D eigenvalue weighted by Crippen LogP contribution is 2.25. The lowest BCUT2D eigenvalue weighted by Gasteiger charge is -1.97. The van der Waals surface area contributed by atoms with Crippen molar-refractivity contribution in [2.45, 2.75) is 17.9 Å². The van der Waals surface area contributed by atoms with E-state index in [0.29, 0.717) is 5.44 Å². The second-order valence-electron chi connectivity index (χ2n) is 1.45. The minimum atomic E-state index is -0.0417. The summed E-state index contributed by atoms with van der Waals surface area (Å²) < 4.78 is 5.09. The number of thioether (sulfide) groups is 1. The number of hydrogen-bond donors (Lipinski definition) is 0. The van der Waals surface area contributed by atoms with Gasteiger partial charge in [0.25, 0.3) is 0 Å². The van der Waals surface area contributed by atoms with Crippen LogP contribution in [0.3, 0.4) is 0 Å². The first-order chi connectivity index (χ1) is 3.29. The lowest BCUT2D eigenvalue weighted by Crippen LogP contribution is -2.00. The molecule has 2 unspecified atom stereocenters. The Labute approximate surface area is 52.4 Å². The highest BCUT2D eigenvalue weighted by atomic mass is 35.5. The summed E-state index contributed by atoms with van der Waals surface area (Å²) in [6.45, 7) is 2.01. The van der Waals surface area contributed by atoms with Gasteiger partial charge in [0, 0.05) is 5.75 Å². The quantitative estimate of drug-likeness (QED) is 0.471. The van der Waals surface area contributed by atoms with Gasteiger partial charge in [0.2, 0.25) is 0 Å². The van der Waals surface area contributed by atoms with Crippen molar-refractivity contribution in [1.82, 2.24) is 0 Å². The Morgan fingerprint density at radius 2 is 2.57 bits per heavy atom. The summed E-state index contributed by atoms with van der Waals surface area (Å²) in [7, 11) is 0. The van der Waals surface area contributed by atoms with E-state index in [2.05, 4.69) is 0 Å². The molecule has 1 aliphatic heterocycles. The Morgan fingerprint density at radius 1 is 1.86 bits per heavy atom. The zero-order valence-corrected chi connectivity index (χ0v) is 5.63. The molecule has 1 fully saturated rings. The molecule has 1 saturated heterocycles. The predicted molar refractivity (Wildman–Crippen MR) is 32.6 cm³/mol. The fourth-order valence-electron chi connectivity index (χ4n) is 0.498. The van der Waals surface area contributed by atoms with E-state index in [1.165, 1.54) is 0 Å². The summed E-state index contributed by atoms with van der Waals surface area (Å²) in [5.74, 6) is 0.933. The lowest BCUT2D eigenvalue weighted by molar-refractivity contribution is 0.128. The summed E-state index contributed by atoms with van der Waals surface area (Å²) in [6.07, 6.45) is 0. The molecule has 0 radical (unpaired) electrons. The third-order valence-corrected chi connectivity index (χ3v) is 2.32. The average molecular weight is 139 g/mol. The number of halogens is 1. The van der Waals surface area contributed by atoms with Crippen molar-refractivity contribution in [3.63, 3.8) is 0 Å². The Bertz CT molecular complexity index is 60.7. The molecule has 2 atom stereocenters. The van der Waals surface area contributed by atoms with Gasteiger partial charge in [-0.3, -0.25) is 0 Å². The number of ether oxygens (including phenoxy) is 1. The molecule has 7 heavy (non-hydrogen) atoms. The van der Waals surface area contributed by atoms with Gasteiger partial charge in [0.1, 0.15) is 11.0 Å². The lowest BCUT2D eigenvalue weighted by atomic mass is 10.8. The van der Waals surface area contributed by atoms with Gasteiger partial charge in [-0.2, -0.15) is 0 Å². The molecule has 0 spiro atoms. The van der Waals surface area contributed by atoms with Gasteiger partial charge in [-0.1, -0.05) is 11.6 Å². The summed E-state index contributed by atoms with van der Waals surface area (Å²) in [5, 5.41) is 0. The van der Waals surface area contributed by atoms with Gasteiger partial charge in [0.15, 0.2) is 0 Å². The average Bonchev–Trinajstić information content (AvgIpc) is 1.87. The predicted octanol–water partition coefficient (Wildman–Crippen LogP) is 1.66. The highest BCUT2D eigenvalue weighted by molar-refractivity contribution is 8.00. The number of hydrogen-bond acceptors (Lipinski definition) is 2. The molecule has 0 aliphatic carbocycles. The van der Waals surface area contributed by atoms with Gasteiger partial charge in [-0.05, 0) is 6.92 Å². The van der Waals surface area contributed by atoms with Crippen LogP contribution in [-0.2, 0) is 4.74 Å². The van der Waals surface area contributed by atoms with E-state index in [9.17, 15) is 0 Å². The van der Waals surface area contributed by atoms with E-state index in [1.807, 2.05) is 6.92 Å². The van der Waals surface area contributed by atoms with Crippen molar-refractivity contribution < 1.29 is 4.74 Å². The summed E-state index contributed by atoms with van der Waals surface area (Å²) >= 11 is 7.32. The minimum Gasteiger partial charge on any atom is -0.348 e. The topological polar surface area (TPSA) is 9.23 Å². The first-order valence-electron chi connectivity index (χ1n) is 2.20. The highest BCUT2D eigenvalue weighted by Gasteiger charge is 2.18. The maximum absolute atomic E-state index is 5.56. The van der Waals surface area contributed by atoms with Crippen LogP contribution in [0.5, 0.6) is 0 Å². The smallest absolute Gasteiger partial charge is 0.141 e. The van der Waals surface area contributed by atoms with Crippen LogP contribution in [0.15, 0.2) is 0 Å². The van der Waals surface area contributed by atoms with Crippen molar-refractivity contribution in [1.29, 1.82) is 0 Å². The van der Waals surface area contributed by atoms with Crippen LogP contribution in [0.2, 0.25) is 0 Å². The summed E-state index contributed by atoms with van der Waals surface area (Å²) in [5.41, 5.74) is 0.266. The van der Waals surface area contributed by atoms with E-state index in [1.54, 1.807) is 11.8 Å². The normalized spacial score (nSPS) is 42.0. The zero-order chi connectivity index (χ0) is 5.28. The second-order valence-corrected chi connectivity index (χ2v) is 3.26. The second kappa shape index (κ2) is 2.25. The molecule has 0 amide bonds. The van der Waals surface area contributed by atoms with Crippen molar-refractivity contribution in [3.05, 3.63) is 0 Å². The molecule has 0 aromatic carbocycles. The molecule has 0 aromatic rings. The van der Waals surface area contributed by atoms with E-state index in [4.69, 9.17) is 16.3 Å². The van der Waals surface area contributed by atoms with Crippen LogP contribution in [-0.4, -0.2) is 16.8 Å². The van der Waals surface area contributed by atoms with Crippen LogP contribution < -0.4 is 0 Å². The van der Waals surface area contributed by atoms with Crippen LogP contribution in [0.1, 0.15) is 6.92 Å². The van der Waals surface area contributed by atoms with E-state index in [-0.39, 0.29) is 5.56 Å². The maximum atomic E-state index is 5.56. The van der Waals surface area contributed by atoms with Gasteiger partial charge in [-0.15, -0.1) is 11.8 Å². The number of alkyl halides is 1. The molecular weight excluding hydrogens is 132 g/mol. The Kier molecular flexibility index (Phi) is 1.84. The molecule has 0 bridgehead atoms. The Balaban J connectivity index is 2.26. The SMILES string of the molecule is CC1OC(Cl)CS1. The molecule has 0 N–H and O–H groups in total. The van der Waals surface area contributed by atoms with E-state index < -0.39 is 0 Å². The molecule has 0 saturated carbocycles. The van der Waals surface area contributed by atoms with E-state index in [0.717, 1.165) is 5.75 Å². The first kappa shape index (κ1) is 5.73. The van der Waals surface area contributed by atoms with Crippen LogP contribution >= 0.6 is 23.4 Å². The van der Waals surface area contributed by atoms with Gasteiger partial charge >= 0.3 is 0 Å². The molecule has 1 heterocycles. The molecule has 1 aliphatic rings. The minimum absolute atomic E-state index is 0.0417. The van der Waals surface area contributed by atoms with Crippen molar-refractivity contribution in [2.75, 3.05) is 5.75 Å². The maximum Gasteiger partial charge on any atom is 0.141 e. The fourth-order valence-corrected chi connectivity index (χ4v) is 1.64. The van der Waals surface area contributed by atoms with E-state index >= 15 is 0 Å². The molecule has 0 aromatic heterocycles. The third kappa shape index (κ3) is 1.52. The standard InChI is InChI=1S/C4H7ClOS/c1-3-6-4(5)2-7-3/h3-4H,2H2,1H3. The van der Waals surface area contributed by atoms with Crippen LogP contribution in [0.25, 0.3) is 0 Å². The monoisotopic (exact) mass is 138 g/mol. The molecule has 42 valence electrons. The summed E-state index contributed by atoms with van der Waals surface area (Å²) in [6, 6.07) is 0. The Hall–Kier alpha value is 0.600. The van der Waals surface area contributed by atoms with Crippen molar-refractivity contribution in [2.24, 2.45) is 0 Å². The fraction of sp³-hybridized carbons (Fsp3) is 1.00.